The fraction of sp³-hybridized carbons (Fsp3) is 0.562. The van der Waals surface area contributed by atoms with Crippen molar-refractivity contribution < 1.29 is 4.79 Å². The Morgan fingerprint density at radius 1 is 1.30 bits per heavy atom. The van der Waals surface area contributed by atoms with Gasteiger partial charge < -0.3 is 5.73 Å². The van der Waals surface area contributed by atoms with Crippen molar-refractivity contribution >= 4 is 5.91 Å². The normalized spacial score (nSPS) is 31.4. The number of primary amides is 1. The van der Waals surface area contributed by atoms with Crippen LogP contribution in [0.5, 0.6) is 0 Å². The quantitative estimate of drug-likeness (QED) is 0.792. The fourth-order valence-corrected chi connectivity index (χ4v) is 3.72. The molecule has 0 saturated heterocycles. The minimum Gasteiger partial charge on any atom is -0.369 e. The molecule has 1 aromatic rings. The molecule has 0 aromatic carbocycles. The summed E-state index contributed by atoms with van der Waals surface area (Å²) in [6, 6.07) is 0. The van der Waals surface area contributed by atoms with E-state index in [1.807, 2.05) is 6.92 Å². The number of nitrogens with zero attached hydrogens (tertiary/aromatic N) is 2. The highest BCUT2D eigenvalue weighted by Gasteiger charge is 2.53. The average molecular weight is 269 g/mol. The summed E-state index contributed by atoms with van der Waals surface area (Å²) in [5.41, 5.74) is 6.85. The summed E-state index contributed by atoms with van der Waals surface area (Å²) in [6.07, 6.45) is 9.12. The van der Waals surface area contributed by atoms with Crippen LogP contribution < -0.4 is 5.73 Å². The number of amides is 1. The maximum Gasteiger partial charge on any atom is 0.223 e. The molecule has 1 heterocycles. The molecule has 2 fully saturated rings. The monoisotopic (exact) mass is 269 g/mol. The molecule has 2 saturated carbocycles. The molecule has 2 aliphatic carbocycles. The molecule has 104 valence electrons. The molecule has 0 spiro atoms. The lowest BCUT2D eigenvalue weighted by Gasteiger charge is -2.34. The molecule has 20 heavy (non-hydrogen) atoms. The van der Waals surface area contributed by atoms with E-state index in [2.05, 4.69) is 21.8 Å². The van der Waals surface area contributed by atoms with Crippen LogP contribution in [-0.2, 0) is 4.79 Å². The number of aryl methyl sites for hydroxylation is 1. The Morgan fingerprint density at radius 2 is 2.15 bits per heavy atom. The Morgan fingerprint density at radius 3 is 2.90 bits per heavy atom. The molecule has 2 atom stereocenters. The number of hydrogen-bond donors (Lipinski definition) is 1. The zero-order chi connectivity index (χ0) is 14.2. The molecule has 0 aliphatic heterocycles. The van der Waals surface area contributed by atoms with Gasteiger partial charge in [0.1, 0.15) is 5.69 Å². The lowest BCUT2D eigenvalue weighted by atomic mass is 9.69. The van der Waals surface area contributed by atoms with Crippen LogP contribution in [0, 0.1) is 29.6 Å². The Hall–Kier alpha value is -1.89. The van der Waals surface area contributed by atoms with Gasteiger partial charge in [0.15, 0.2) is 0 Å². The van der Waals surface area contributed by atoms with Gasteiger partial charge in [0.05, 0.1) is 17.3 Å². The van der Waals surface area contributed by atoms with E-state index in [0.29, 0.717) is 5.69 Å². The van der Waals surface area contributed by atoms with Crippen LogP contribution in [-0.4, -0.2) is 15.9 Å². The van der Waals surface area contributed by atoms with Gasteiger partial charge in [0.2, 0.25) is 5.91 Å². The SMILES string of the molecule is Cc1cncc(C#CC23CCCC(C(N)=O)(CC2)C3)n1. The summed E-state index contributed by atoms with van der Waals surface area (Å²) in [5, 5.41) is 0. The molecular formula is C16H19N3O. The van der Waals surface area contributed by atoms with Crippen LogP contribution in [0.25, 0.3) is 0 Å². The van der Waals surface area contributed by atoms with Crippen molar-refractivity contribution in [3.63, 3.8) is 0 Å². The van der Waals surface area contributed by atoms with Gasteiger partial charge in [-0.2, -0.15) is 0 Å². The van der Waals surface area contributed by atoms with Gasteiger partial charge in [0, 0.05) is 11.6 Å². The molecule has 4 heteroatoms. The second kappa shape index (κ2) is 4.59. The summed E-state index contributed by atoms with van der Waals surface area (Å²) < 4.78 is 0. The third-order valence-corrected chi connectivity index (χ3v) is 4.80. The first-order valence-corrected chi connectivity index (χ1v) is 7.16. The number of hydrogen-bond acceptors (Lipinski definition) is 3. The second-order valence-corrected chi connectivity index (χ2v) is 6.25. The number of rotatable bonds is 1. The lowest BCUT2D eigenvalue weighted by Crippen LogP contribution is -2.38. The van der Waals surface area contributed by atoms with Crippen molar-refractivity contribution in [1.29, 1.82) is 0 Å². The first kappa shape index (κ1) is 13.1. The van der Waals surface area contributed by atoms with Crippen molar-refractivity contribution in [3.8, 4) is 11.8 Å². The molecule has 3 rings (SSSR count). The first-order valence-electron chi connectivity index (χ1n) is 7.16. The molecule has 2 N–H and O–H groups in total. The van der Waals surface area contributed by atoms with Crippen molar-refractivity contribution in [3.05, 3.63) is 23.8 Å². The molecule has 1 aromatic heterocycles. The topological polar surface area (TPSA) is 68.9 Å². The summed E-state index contributed by atoms with van der Waals surface area (Å²) in [6.45, 7) is 1.91. The van der Waals surface area contributed by atoms with E-state index in [0.717, 1.165) is 44.2 Å². The number of carbonyl (C=O) groups is 1. The third kappa shape index (κ3) is 2.18. The molecule has 0 radical (unpaired) electrons. The van der Waals surface area contributed by atoms with E-state index >= 15 is 0 Å². The van der Waals surface area contributed by atoms with E-state index in [9.17, 15) is 4.79 Å². The highest BCUT2D eigenvalue weighted by molar-refractivity contribution is 5.81. The summed E-state index contributed by atoms with van der Waals surface area (Å²) in [4.78, 5) is 20.2. The maximum absolute atomic E-state index is 11.7. The van der Waals surface area contributed by atoms with Gasteiger partial charge in [-0.25, -0.2) is 4.98 Å². The van der Waals surface area contributed by atoms with Crippen LogP contribution >= 0.6 is 0 Å². The molecule has 2 aliphatic rings. The Kier molecular flexibility index (Phi) is 3.01. The minimum absolute atomic E-state index is 0.0430. The van der Waals surface area contributed by atoms with Crippen molar-refractivity contribution in [1.82, 2.24) is 9.97 Å². The molecule has 1 amide bonds. The zero-order valence-corrected chi connectivity index (χ0v) is 11.8. The number of nitrogens with two attached hydrogens (primary N) is 1. The van der Waals surface area contributed by atoms with E-state index in [1.54, 1.807) is 12.4 Å². The lowest BCUT2D eigenvalue weighted by molar-refractivity contribution is -0.129. The standard InChI is InChI=1S/C16H19N3O/c1-12-9-18-10-13(19-12)3-6-15-4-2-5-16(11-15,8-7-15)14(17)20/h9-10H,2,4-5,7-8,11H2,1H3,(H2,17,20). The Labute approximate surface area is 119 Å². The van der Waals surface area contributed by atoms with Gasteiger partial charge in [-0.3, -0.25) is 9.78 Å². The van der Waals surface area contributed by atoms with Crippen LogP contribution in [0.4, 0.5) is 0 Å². The highest BCUT2D eigenvalue weighted by Crippen LogP contribution is 2.58. The van der Waals surface area contributed by atoms with Crippen LogP contribution in [0.2, 0.25) is 0 Å². The molecular weight excluding hydrogens is 250 g/mol. The summed E-state index contributed by atoms with van der Waals surface area (Å²) in [7, 11) is 0. The maximum atomic E-state index is 11.7. The first-order chi connectivity index (χ1) is 9.54. The zero-order valence-electron chi connectivity index (χ0n) is 11.8. The van der Waals surface area contributed by atoms with E-state index in [1.165, 1.54) is 0 Å². The van der Waals surface area contributed by atoms with E-state index < -0.39 is 0 Å². The van der Waals surface area contributed by atoms with Gasteiger partial charge in [-0.05, 0) is 44.9 Å². The number of fused-ring (bicyclic) bond motifs is 2. The second-order valence-electron chi connectivity index (χ2n) is 6.25. The van der Waals surface area contributed by atoms with Gasteiger partial charge in [-0.1, -0.05) is 12.3 Å². The van der Waals surface area contributed by atoms with Crippen molar-refractivity contribution in [2.75, 3.05) is 0 Å². The number of carbonyl (C=O) groups excluding carboxylic acids is 1. The highest BCUT2D eigenvalue weighted by atomic mass is 16.1. The summed E-state index contributed by atoms with van der Waals surface area (Å²) >= 11 is 0. The van der Waals surface area contributed by atoms with E-state index in [-0.39, 0.29) is 16.7 Å². The predicted molar refractivity (Wildman–Crippen MR) is 75.4 cm³/mol. The Bertz CT molecular complexity index is 616. The largest absolute Gasteiger partial charge is 0.369 e. The third-order valence-electron chi connectivity index (χ3n) is 4.80. The van der Waals surface area contributed by atoms with Crippen LogP contribution in [0.15, 0.2) is 12.4 Å². The minimum atomic E-state index is -0.300. The van der Waals surface area contributed by atoms with Crippen LogP contribution in [0.3, 0.4) is 0 Å². The smallest absolute Gasteiger partial charge is 0.223 e. The number of aromatic nitrogens is 2. The van der Waals surface area contributed by atoms with Crippen molar-refractivity contribution in [2.24, 2.45) is 16.6 Å². The van der Waals surface area contributed by atoms with E-state index in [4.69, 9.17) is 5.73 Å². The molecule has 4 nitrogen and oxygen atoms in total. The van der Waals surface area contributed by atoms with Gasteiger partial charge in [-0.15, -0.1) is 0 Å². The fourth-order valence-electron chi connectivity index (χ4n) is 3.72. The molecule has 2 bridgehead atoms. The van der Waals surface area contributed by atoms with Crippen LogP contribution in [0.1, 0.15) is 49.9 Å². The van der Waals surface area contributed by atoms with Crippen molar-refractivity contribution in [2.45, 2.75) is 45.4 Å². The summed E-state index contributed by atoms with van der Waals surface area (Å²) in [5.74, 6) is 6.40. The van der Waals surface area contributed by atoms with Gasteiger partial charge >= 0.3 is 0 Å². The average Bonchev–Trinajstić information content (AvgIpc) is 2.70. The predicted octanol–water partition coefficient (Wildman–Crippen LogP) is 1.96. The Balaban J connectivity index is 1.87. The molecule has 2 unspecified atom stereocenters. The van der Waals surface area contributed by atoms with Gasteiger partial charge in [0.25, 0.3) is 0 Å².